The van der Waals surface area contributed by atoms with Gasteiger partial charge in [0, 0.05) is 19.0 Å². The summed E-state index contributed by atoms with van der Waals surface area (Å²) in [6, 6.07) is 11.6. The fourth-order valence-corrected chi connectivity index (χ4v) is 2.16. The predicted molar refractivity (Wildman–Crippen MR) is 88.3 cm³/mol. The first kappa shape index (κ1) is 17.4. The van der Waals surface area contributed by atoms with Gasteiger partial charge in [0.15, 0.2) is 0 Å². The topological polar surface area (TPSA) is 101 Å². The smallest absolute Gasteiger partial charge is 0.303 e. The lowest BCUT2D eigenvalue weighted by Crippen LogP contribution is -2.29. The molecule has 2 aromatic rings. The lowest BCUT2D eigenvalue weighted by Gasteiger charge is -2.07. The van der Waals surface area contributed by atoms with Gasteiger partial charge in [-0.15, -0.1) is 0 Å². The number of nitrogens with one attached hydrogen (secondary N) is 1. The Morgan fingerprint density at radius 1 is 1.04 bits per heavy atom. The molecule has 1 amide bonds. The minimum absolute atomic E-state index is 0.136. The molecule has 0 bridgehead atoms. The number of aromatic nitrogens is 2. The van der Waals surface area contributed by atoms with Crippen molar-refractivity contribution in [2.45, 2.75) is 25.7 Å². The average molecular weight is 329 g/mol. The number of carboxylic acid groups (broad SMARTS) is 1. The second kappa shape index (κ2) is 8.61. The van der Waals surface area contributed by atoms with Crippen molar-refractivity contribution in [1.29, 1.82) is 0 Å². The van der Waals surface area contributed by atoms with E-state index in [4.69, 9.17) is 5.11 Å². The van der Waals surface area contributed by atoms with Gasteiger partial charge in [0.1, 0.15) is 5.69 Å². The molecule has 2 rings (SSSR count). The number of hydrogen-bond donors (Lipinski definition) is 2. The lowest BCUT2D eigenvalue weighted by molar-refractivity contribution is -0.137. The molecule has 0 spiro atoms. The van der Waals surface area contributed by atoms with Gasteiger partial charge < -0.3 is 10.4 Å². The van der Waals surface area contributed by atoms with Crippen molar-refractivity contribution in [2.24, 2.45) is 0 Å². The van der Waals surface area contributed by atoms with Crippen LogP contribution in [0, 0.1) is 0 Å². The fraction of sp³-hybridized carbons (Fsp3) is 0.294. The van der Waals surface area contributed by atoms with Crippen molar-refractivity contribution >= 4 is 11.9 Å². The predicted octanol–water partition coefficient (Wildman–Crippen LogP) is 1.61. The van der Waals surface area contributed by atoms with Gasteiger partial charge in [-0.1, -0.05) is 24.6 Å². The van der Waals surface area contributed by atoms with Crippen molar-refractivity contribution in [3.63, 3.8) is 0 Å². The maximum absolute atomic E-state index is 12.1. The highest BCUT2D eigenvalue weighted by Gasteiger charge is 2.10. The van der Waals surface area contributed by atoms with Crippen LogP contribution in [0.1, 0.15) is 36.2 Å². The van der Waals surface area contributed by atoms with Crippen LogP contribution >= 0.6 is 0 Å². The summed E-state index contributed by atoms with van der Waals surface area (Å²) >= 11 is 0. The summed E-state index contributed by atoms with van der Waals surface area (Å²) in [5, 5.41) is 15.4. The molecule has 0 radical (unpaired) electrons. The standard InChI is InChI=1S/C17H19N3O4/c21-15-11-10-14(19-20(15)13-7-3-1-4-8-13)17(24)18-12-6-2-5-9-16(22)23/h1,3-4,7-8,10-11H,2,5-6,9,12H2,(H,18,24)(H,22,23). The Labute approximate surface area is 138 Å². The molecule has 0 saturated carbocycles. The zero-order valence-electron chi connectivity index (χ0n) is 13.1. The number of carboxylic acids is 1. The summed E-state index contributed by atoms with van der Waals surface area (Å²) in [5.74, 6) is -1.18. The van der Waals surface area contributed by atoms with E-state index >= 15 is 0 Å². The van der Waals surface area contributed by atoms with Crippen molar-refractivity contribution in [1.82, 2.24) is 15.1 Å². The van der Waals surface area contributed by atoms with E-state index in [1.807, 2.05) is 6.07 Å². The van der Waals surface area contributed by atoms with E-state index in [1.165, 1.54) is 16.8 Å². The molecule has 0 aliphatic rings. The van der Waals surface area contributed by atoms with E-state index in [9.17, 15) is 14.4 Å². The van der Waals surface area contributed by atoms with E-state index in [-0.39, 0.29) is 23.6 Å². The monoisotopic (exact) mass is 329 g/mol. The molecule has 0 fully saturated rings. The van der Waals surface area contributed by atoms with Gasteiger partial charge in [0.25, 0.3) is 11.5 Å². The van der Waals surface area contributed by atoms with E-state index in [0.717, 1.165) is 6.42 Å². The van der Waals surface area contributed by atoms with Crippen LogP contribution in [0.4, 0.5) is 0 Å². The maximum Gasteiger partial charge on any atom is 0.303 e. The number of benzene rings is 1. The second-order valence-corrected chi connectivity index (χ2v) is 5.26. The molecule has 126 valence electrons. The molecule has 1 aromatic carbocycles. The number of rotatable bonds is 8. The summed E-state index contributed by atoms with van der Waals surface area (Å²) in [6.07, 6.45) is 2.14. The van der Waals surface area contributed by atoms with Crippen LogP contribution in [0.15, 0.2) is 47.3 Å². The Hall–Kier alpha value is -2.96. The highest BCUT2D eigenvalue weighted by atomic mass is 16.4. The molecular weight excluding hydrogens is 310 g/mol. The van der Waals surface area contributed by atoms with E-state index in [1.54, 1.807) is 24.3 Å². The third-order valence-electron chi connectivity index (χ3n) is 3.39. The Kier molecular flexibility index (Phi) is 6.24. The van der Waals surface area contributed by atoms with Gasteiger partial charge in [0.05, 0.1) is 5.69 Å². The summed E-state index contributed by atoms with van der Waals surface area (Å²) in [5.41, 5.74) is 0.432. The number of hydrogen-bond acceptors (Lipinski definition) is 4. The molecule has 1 heterocycles. The number of amides is 1. The number of carbonyl (C=O) groups excluding carboxylic acids is 1. The van der Waals surface area contributed by atoms with Crippen LogP contribution < -0.4 is 10.9 Å². The first-order valence-electron chi connectivity index (χ1n) is 7.74. The summed E-state index contributed by atoms with van der Waals surface area (Å²) in [7, 11) is 0. The van der Waals surface area contributed by atoms with E-state index < -0.39 is 5.97 Å². The minimum Gasteiger partial charge on any atom is -0.481 e. The second-order valence-electron chi connectivity index (χ2n) is 5.26. The Bertz CT molecular complexity index is 756. The molecule has 2 N–H and O–H groups in total. The normalized spacial score (nSPS) is 10.3. The number of nitrogens with zero attached hydrogens (tertiary/aromatic N) is 2. The molecule has 1 aromatic heterocycles. The summed E-state index contributed by atoms with van der Waals surface area (Å²) in [4.78, 5) is 34.4. The molecule has 0 aliphatic carbocycles. The third-order valence-corrected chi connectivity index (χ3v) is 3.39. The average Bonchev–Trinajstić information content (AvgIpc) is 2.58. The van der Waals surface area contributed by atoms with Crippen molar-refractivity contribution in [3.05, 3.63) is 58.5 Å². The Morgan fingerprint density at radius 3 is 2.50 bits per heavy atom. The fourth-order valence-electron chi connectivity index (χ4n) is 2.16. The molecule has 24 heavy (non-hydrogen) atoms. The van der Waals surface area contributed by atoms with Gasteiger partial charge in [-0.3, -0.25) is 14.4 Å². The molecule has 7 nitrogen and oxygen atoms in total. The number of unbranched alkanes of at least 4 members (excludes halogenated alkanes) is 2. The number of carbonyl (C=O) groups is 2. The summed E-state index contributed by atoms with van der Waals surface area (Å²) in [6.45, 7) is 0.435. The highest BCUT2D eigenvalue weighted by molar-refractivity contribution is 5.92. The Balaban J connectivity index is 1.93. The van der Waals surface area contributed by atoms with Crippen LogP contribution in [-0.4, -0.2) is 33.3 Å². The number of para-hydroxylation sites is 1. The Morgan fingerprint density at radius 2 is 1.79 bits per heavy atom. The van der Waals surface area contributed by atoms with E-state index in [2.05, 4.69) is 10.4 Å². The molecule has 0 atom stereocenters. The van der Waals surface area contributed by atoms with Gasteiger partial charge >= 0.3 is 5.97 Å². The van der Waals surface area contributed by atoms with Crippen molar-refractivity contribution in [2.75, 3.05) is 6.54 Å². The first-order valence-corrected chi connectivity index (χ1v) is 7.74. The van der Waals surface area contributed by atoms with Gasteiger partial charge in [0.2, 0.25) is 0 Å². The molecule has 7 heteroatoms. The van der Waals surface area contributed by atoms with Crippen molar-refractivity contribution < 1.29 is 14.7 Å². The quantitative estimate of drug-likeness (QED) is 0.717. The maximum atomic E-state index is 12.1. The van der Waals surface area contributed by atoms with Gasteiger partial charge in [-0.05, 0) is 31.0 Å². The van der Waals surface area contributed by atoms with Crippen LogP contribution in [0.2, 0.25) is 0 Å². The molecule has 0 aliphatic heterocycles. The highest BCUT2D eigenvalue weighted by Crippen LogP contribution is 2.03. The van der Waals surface area contributed by atoms with Gasteiger partial charge in [-0.2, -0.15) is 9.78 Å². The zero-order chi connectivity index (χ0) is 17.4. The third kappa shape index (κ3) is 5.05. The molecule has 0 saturated heterocycles. The molecular formula is C17H19N3O4. The van der Waals surface area contributed by atoms with Crippen LogP contribution in [0.25, 0.3) is 5.69 Å². The van der Waals surface area contributed by atoms with Crippen LogP contribution in [-0.2, 0) is 4.79 Å². The summed E-state index contributed by atoms with van der Waals surface area (Å²) < 4.78 is 1.18. The van der Waals surface area contributed by atoms with Crippen molar-refractivity contribution in [3.8, 4) is 5.69 Å². The number of aliphatic carboxylic acids is 1. The van der Waals surface area contributed by atoms with E-state index in [0.29, 0.717) is 25.1 Å². The largest absolute Gasteiger partial charge is 0.481 e. The van der Waals surface area contributed by atoms with Gasteiger partial charge in [-0.25, -0.2) is 0 Å². The SMILES string of the molecule is O=C(O)CCCCCNC(=O)c1ccc(=O)n(-c2ccccc2)n1. The van der Waals surface area contributed by atoms with Crippen LogP contribution in [0.5, 0.6) is 0 Å². The minimum atomic E-state index is -0.814. The zero-order valence-corrected chi connectivity index (χ0v) is 13.1. The first-order chi connectivity index (χ1) is 11.6. The lowest BCUT2D eigenvalue weighted by atomic mass is 10.2. The van der Waals surface area contributed by atoms with Crippen LogP contribution in [0.3, 0.4) is 0 Å². The molecule has 0 unspecified atom stereocenters.